The molecule has 2 N–H and O–H groups in total. The average Bonchev–Trinajstić information content (AvgIpc) is 2.53. The van der Waals surface area contributed by atoms with E-state index in [1.165, 1.54) is 13.0 Å². The van der Waals surface area contributed by atoms with Crippen molar-refractivity contribution in [3.63, 3.8) is 0 Å². The molecule has 0 aliphatic rings. The van der Waals surface area contributed by atoms with Crippen molar-refractivity contribution in [1.29, 1.82) is 0 Å². The van der Waals surface area contributed by atoms with Gasteiger partial charge in [-0.05, 0) is 24.3 Å². The fourth-order valence-electron chi connectivity index (χ4n) is 2.15. The zero-order valence-corrected chi connectivity index (χ0v) is 13.1. The van der Waals surface area contributed by atoms with E-state index in [1.807, 2.05) is 6.07 Å². The molecule has 2 aromatic carbocycles. The maximum atomic E-state index is 13.8. The minimum Gasteiger partial charge on any atom is -0.336 e. The smallest absolute Gasteiger partial charge is 0.319 e. The molecular weight excluding hydrogens is 316 g/mol. The van der Waals surface area contributed by atoms with Gasteiger partial charge in [0.25, 0.3) is 0 Å². The second-order valence-electron chi connectivity index (χ2n) is 4.99. The Hall–Kier alpha value is -2.96. The number of rotatable bonds is 5. The molecule has 0 aromatic heterocycles. The van der Waals surface area contributed by atoms with Crippen LogP contribution in [-0.2, 0) is 4.79 Å². The third kappa shape index (κ3) is 4.52. The molecule has 0 heterocycles. The Bertz CT molecular complexity index is 703. The number of hydrogen-bond donors (Lipinski definition) is 2. The lowest BCUT2D eigenvalue weighted by atomic mass is 10.2. The number of carbonyl (C=O) groups excluding carboxylic acids is 2. The Morgan fingerprint density at radius 1 is 1.00 bits per heavy atom. The molecule has 126 valence electrons. The lowest BCUT2D eigenvalue weighted by Crippen LogP contribution is -2.39. The quantitative estimate of drug-likeness (QED) is 0.883. The van der Waals surface area contributed by atoms with Gasteiger partial charge in [0.1, 0.15) is 17.3 Å². The maximum Gasteiger partial charge on any atom is 0.319 e. The van der Waals surface area contributed by atoms with E-state index in [2.05, 4.69) is 10.6 Å². The molecule has 0 spiro atoms. The van der Waals surface area contributed by atoms with Gasteiger partial charge in [-0.25, -0.2) is 13.6 Å². The summed E-state index contributed by atoms with van der Waals surface area (Å²) in [6.07, 6.45) is 0. The molecule has 3 amide bonds. The van der Waals surface area contributed by atoms with Crippen LogP contribution >= 0.6 is 0 Å². The predicted molar refractivity (Wildman–Crippen MR) is 87.8 cm³/mol. The highest BCUT2D eigenvalue weighted by Crippen LogP contribution is 2.23. The van der Waals surface area contributed by atoms with Crippen molar-refractivity contribution in [2.75, 3.05) is 23.3 Å². The molecule has 5 nitrogen and oxygen atoms in total. The van der Waals surface area contributed by atoms with Crippen LogP contribution in [0.15, 0.2) is 48.5 Å². The van der Waals surface area contributed by atoms with Crippen LogP contribution in [0.2, 0.25) is 0 Å². The van der Waals surface area contributed by atoms with Crippen LogP contribution in [0, 0.1) is 11.6 Å². The highest BCUT2D eigenvalue weighted by molar-refractivity contribution is 5.92. The van der Waals surface area contributed by atoms with Crippen LogP contribution in [0.25, 0.3) is 0 Å². The van der Waals surface area contributed by atoms with Crippen LogP contribution in [0.3, 0.4) is 0 Å². The number of nitrogens with zero attached hydrogens (tertiary/aromatic N) is 1. The number of benzene rings is 2. The van der Waals surface area contributed by atoms with Gasteiger partial charge in [-0.1, -0.05) is 24.3 Å². The average molecular weight is 333 g/mol. The van der Waals surface area contributed by atoms with Crippen molar-refractivity contribution in [3.8, 4) is 0 Å². The van der Waals surface area contributed by atoms with Crippen LogP contribution in [-0.4, -0.2) is 25.0 Å². The van der Waals surface area contributed by atoms with Gasteiger partial charge in [0.05, 0.1) is 0 Å². The molecule has 0 saturated heterocycles. The van der Waals surface area contributed by atoms with Crippen LogP contribution in [0.1, 0.15) is 6.92 Å². The minimum absolute atomic E-state index is 0.0338. The summed E-state index contributed by atoms with van der Waals surface area (Å²) in [5.74, 6) is -2.19. The van der Waals surface area contributed by atoms with E-state index < -0.39 is 29.3 Å². The highest BCUT2D eigenvalue weighted by Gasteiger charge is 2.19. The SMILES string of the molecule is CC(=O)N(CCNC(=O)Nc1ccccc1)c1c(F)cccc1F. The van der Waals surface area contributed by atoms with E-state index in [-0.39, 0.29) is 13.1 Å². The summed E-state index contributed by atoms with van der Waals surface area (Å²) in [6, 6.07) is 11.7. The van der Waals surface area contributed by atoms with Crippen LogP contribution in [0.5, 0.6) is 0 Å². The topological polar surface area (TPSA) is 61.4 Å². The molecule has 0 fully saturated rings. The normalized spacial score (nSPS) is 10.1. The van der Waals surface area contributed by atoms with Crippen molar-refractivity contribution < 1.29 is 18.4 Å². The monoisotopic (exact) mass is 333 g/mol. The first kappa shape index (κ1) is 17.4. The summed E-state index contributed by atoms with van der Waals surface area (Å²) in [4.78, 5) is 24.4. The first-order valence-electron chi connectivity index (χ1n) is 7.31. The molecule has 2 rings (SSSR count). The van der Waals surface area contributed by atoms with Crippen molar-refractivity contribution in [2.24, 2.45) is 0 Å². The zero-order valence-electron chi connectivity index (χ0n) is 13.1. The predicted octanol–water partition coefficient (Wildman–Crippen LogP) is 3.14. The number of para-hydroxylation sites is 2. The van der Waals surface area contributed by atoms with E-state index in [0.717, 1.165) is 17.0 Å². The molecule has 0 aliphatic carbocycles. The molecule has 0 radical (unpaired) electrons. The number of hydrogen-bond acceptors (Lipinski definition) is 2. The second kappa shape index (κ2) is 8.05. The molecule has 24 heavy (non-hydrogen) atoms. The van der Waals surface area contributed by atoms with Gasteiger partial charge in [0.15, 0.2) is 0 Å². The highest BCUT2D eigenvalue weighted by atomic mass is 19.1. The van der Waals surface area contributed by atoms with Crippen LogP contribution in [0.4, 0.5) is 25.0 Å². The fraction of sp³-hybridized carbons (Fsp3) is 0.176. The minimum atomic E-state index is -0.834. The second-order valence-corrected chi connectivity index (χ2v) is 4.99. The molecule has 0 unspecified atom stereocenters. The molecule has 2 aromatic rings. The lowest BCUT2D eigenvalue weighted by Gasteiger charge is -2.22. The Labute approximate surface area is 138 Å². The molecular formula is C17H17F2N3O2. The molecule has 0 saturated carbocycles. The van der Waals surface area contributed by atoms with Gasteiger partial charge in [0, 0.05) is 25.7 Å². The fourth-order valence-corrected chi connectivity index (χ4v) is 2.15. The van der Waals surface area contributed by atoms with Gasteiger partial charge in [-0.2, -0.15) is 0 Å². The summed E-state index contributed by atoms with van der Waals surface area (Å²) >= 11 is 0. The lowest BCUT2D eigenvalue weighted by molar-refractivity contribution is -0.116. The standard InChI is InChI=1S/C17H17F2N3O2/c1-12(23)22(16-14(18)8-5-9-15(16)19)11-10-20-17(24)21-13-6-3-2-4-7-13/h2-9H,10-11H2,1H3,(H2,20,21,24). The van der Waals surface area contributed by atoms with E-state index in [4.69, 9.17) is 0 Å². The number of halogens is 2. The maximum absolute atomic E-state index is 13.8. The number of carbonyl (C=O) groups is 2. The van der Waals surface area contributed by atoms with E-state index in [1.54, 1.807) is 24.3 Å². The van der Waals surface area contributed by atoms with Crippen molar-refractivity contribution in [3.05, 3.63) is 60.2 Å². The van der Waals surface area contributed by atoms with Gasteiger partial charge < -0.3 is 15.5 Å². The first-order valence-corrected chi connectivity index (χ1v) is 7.31. The first-order chi connectivity index (χ1) is 11.5. The summed E-state index contributed by atoms with van der Waals surface area (Å²) in [7, 11) is 0. The van der Waals surface area contributed by atoms with Crippen molar-refractivity contribution in [1.82, 2.24) is 5.32 Å². The van der Waals surface area contributed by atoms with Gasteiger partial charge >= 0.3 is 6.03 Å². The molecule has 7 heteroatoms. The number of nitrogens with one attached hydrogen (secondary N) is 2. The Morgan fingerprint density at radius 2 is 1.62 bits per heavy atom. The van der Waals surface area contributed by atoms with Crippen molar-refractivity contribution in [2.45, 2.75) is 6.92 Å². The Kier molecular flexibility index (Phi) is 5.83. The zero-order chi connectivity index (χ0) is 17.5. The third-order valence-electron chi connectivity index (χ3n) is 3.24. The van der Waals surface area contributed by atoms with E-state index in [0.29, 0.717) is 5.69 Å². The largest absolute Gasteiger partial charge is 0.336 e. The summed E-state index contributed by atoms with van der Waals surface area (Å²) in [6.45, 7) is 1.18. The van der Waals surface area contributed by atoms with Gasteiger partial charge in [-0.15, -0.1) is 0 Å². The van der Waals surface area contributed by atoms with Crippen LogP contribution < -0.4 is 15.5 Å². The third-order valence-corrected chi connectivity index (χ3v) is 3.24. The number of urea groups is 1. The number of amides is 3. The molecule has 0 aliphatic heterocycles. The van der Waals surface area contributed by atoms with E-state index in [9.17, 15) is 18.4 Å². The molecule has 0 atom stereocenters. The Morgan fingerprint density at radius 3 is 2.21 bits per heavy atom. The summed E-state index contributed by atoms with van der Waals surface area (Å²) < 4.78 is 27.6. The molecule has 0 bridgehead atoms. The number of anilines is 2. The summed E-state index contributed by atoms with van der Waals surface area (Å²) in [5, 5.41) is 5.14. The summed E-state index contributed by atoms with van der Waals surface area (Å²) in [5.41, 5.74) is 0.189. The van der Waals surface area contributed by atoms with Crippen molar-refractivity contribution >= 4 is 23.3 Å². The van der Waals surface area contributed by atoms with Gasteiger partial charge in [0.2, 0.25) is 5.91 Å². The van der Waals surface area contributed by atoms with E-state index >= 15 is 0 Å². The van der Waals surface area contributed by atoms with Gasteiger partial charge in [-0.3, -0.25) is 4.79 Å². The Balaban J connectivity index is 1.95.